The van der Waals surface area contributed by atoms with Gasteiger partial charge in [-0.1, -0.05) is 41.4 Å². The Labute approximate surface area is 117 Å². The largest absolute Gasteiger partial charge is 0.294 e. The minimum atomic E-state index is -0.553. The van der Waals surface area contributed by atoms with Crippen molar-refractivity contribution in [3.05, 3.63) is 70.0 Å². The number of Topliss-reactive ketones (excluding diaryl/α,β-unsaturated/α-hetero) is 1. The normalized spacial score (nSPS) is 10.5. The van der Waals surface area contributed by atoms with Gasteiger partial charge in [-0.05, 0) is 37.1 Å². The van der Waals surface area contributed by atoms with Gasteiger partial charge in [-0.25, -0.2) is 4.39 Å². The molecule has 0 aliphatic heterocycles. The zero-order valence-electron chi connectivity index (χ0n) is 10.6. The van der Waals surface area contributed by atoms with Crippen LogP contribution in [0.2, 0.25) is 5.02 Å². The lowest BCUT2D eigenvalue weighted by Crippen LogP contribution is -2.02. The third-order valence-electron chi connectivity index (χ3n) is 3.00. The molecule has 2 aromatic rings. The predicted octanol–water partition coefficient (Wildman–Crippen LogP) is 4.60. The molecule has 1 nitrogen and oxygen atoms in total. The van der Waals surface area contributed by atoms with Crippen molar-refractivity contribution in [2.45, 2.75) is 19.8 Å². The van der Waals surface area contributed by atoms with Crippen molar-refractivity contribution in [1.29, 1.82) is 0 Å². The number of halogens is 2. The van der Waals surface area contributed by atoms with Crippen molar-refractivity contribution < 1.29 is 9.18 Å². The number of ketones is 1. The van der Waals surface area contributed by atoms with Crippen molar-refractivity contribution >= 4 is 17.4 Å². The predicted molar refractivity (Wildman–Crippen MR) is 75.2 cm³/mol. The Bertz CT molecular complexity index is 590. The van der Waals surface area contributed by atoms with Gasteiger partial charge in [0, 0.05) is 12.0 Å². The lowest BCUT2D eigenvalue weighted by Gasteiger charge is -2.03. The van der Waals surface area contributed by atoms with E-state index >= 15 is 0 Å². The summed E-state index contributed by atoms with van der Waals surface area (Å²) in [4.78, 5) is 11.9. The Kier molecular flexibility index (Phi) is 4.33. The summed E-state index contributed by atoms with van der Waals surface area (Å²) >= 11 is 5.59. The zero-order chi connectivity index (χ0) is 13.8. The van der Waals surface area contributed by atoms with Crippen LogP contribution in [0.1, 0.15) is 27.9 Å². The molecule has 19 heavy (non-hydrogen) atoms. The summed E-state index contributed by atoms with van der Waals surface area (Å²) in [5, 5.41) is 0.0371. The molecule has 0 spiro atoms. The first-order chi connectivity index (χ1) is 9.06. The Morgan fingerprint density at radius 2 is 1.84 bits per heavy atom. The van der Waals surface area contributed by atoms with Gasteiger partial charge in [-0.3, -0.25) is 4.79 Å². The Balaban J connectivity index is 2.01. The first-order valence-corrected chi connectivity index (χ1v) is 6.48. The Morgan fingerprint density at radius 3 is 2.47 bits per heavy atom. The van der Waals surface area contributed by atoms with Crippen molar-refractivity contribution in [3.63, 3.8) is 0 Å². The van der Waals surface area contributed by atoms with Gasteiger partial charge in [-0.2, -0.15) is 0 Å². The van der Waals surface area contributed by atoms with Gasteiger partial charge in [-0.15, -0.1) is 0 Å². The van der Waals surface area contributed by atoms with Crippen molar-refractivity contribution in [1.82, 2.24) is 0 Å². The SMILES string of the molecule is Cc1ccc(CCC(=O)c2ccc(Cl)c(F)c2)cc1. The van der Waals surface area contributed by atoms with Gasteiger partial charge >= 0.3 is 0 Å². The molecule has 3 heteroatoms. The first-order valence-electron chi connectivity index (χ1n) is 6.10. The van der Waals surface area contributed by atoms with Crippen LogP contribution in [-0.2, 0) is 6.42 Å². The maximum atomic E-state index is 13.3. The second kappa shape index (κ2) is 5.98. The Morgan fingerprint density at radius 1 is 1.16 bits per heavy atom. The summed E-state index contributed by atoms with van der Waals surface area (Å²) < 4.78 is 13.3. The van der Waals surface area contributed by atoms with E-state index in [1.165, 1.54) is 17.7 Å². The number of carbonyl (C=O) groups excluding carboxylic acids is 1. The van der Waals surface area contributed by atoms with Gasteiger partial charge in [0.1, 0.15) is 5.82 Å². The summed E-state index contributed by atoms with van der Waals surface area (Å²) in [5.41, 5.74) is 2.66. The van der Waals surface area contributed by atoms with Gasteiger partial charge in [0.05, 0.1) is 5.02 Å². The molecule has 0 aromatic heterocycles. The molecule has 0 N–H and O–H groups in total. The smallest absolute Gasteiger partial charge is 0.163 e. The van der Waals surface area contributed by atoms with Gasteiger partial charge in [0.15, 0.2) is 5.78 Å². The van der Waals surface area contributed by atoms with Crippen molar-refractivity contribution in [2.24, 2.45) is 0 Å². The van der Waals surface area contributed by atoms with E-state index in [1.807, 2.05) is 31.2 Å². The summed E-state index contributed by atoms with van der Waals surface area (Å²) in [5.74, 6) is -0.626. The minimum absolute atomic E-state index is 0.0371. The van der Waals surface area contributed by atoms with E-state index in [-0.39, 0.29) is 10.8 Å². The number of hydrogen-bond donors (Lipinski definition) is 0. The van der Waals surface area contributed by atoms with Gasteiger partial charge in [0.25, 0.3) is 0 Å². The molecule has 0 saturated heterocycles. The summed E-state index contributed by atoms with van der Waals surface area (Å²) in [6.45, 7) is 2.02. The highest BCUT2D eigenvalue weighted by molar-refractivity contribution is 6.30. The second-order valence-corrected chi connectivity index (χ2v) is 4.94. The maximum Gasteiger partial charge on any atom is 0.163 e. The molecule has 0 fully saturated rings. The van der Waals surface area contributed by atoms with Crippen LogP contribution in [0.5, 0.6) is 0 Å². The van der Waals surface area contributed by atoms with E-state index in [4.69, 9.17) is 11.6 Å². The molecule has 0 aliphatic rings. The van der Waals surface area contributed by atoms with E-state index in [9.17, 15) is 9.18 Å². The second-order valence-electron chi connectivity index (χ2n) is 4.54. The zero-order valence-corrected chi connectivity index (χ0v) is 11.4. The molecule has 0 bridgehead atoms. The topological polar surface area (TPSA) is 17.1 Å². The highest BCUT2D eigenvalue weighted by atomic mass is 35.5. The standard InChI is InChI=1S/C16H14ClFO/c1-11-2-4-12(5-3-11)6-9-16(19)13-7-8-14(17)15(18)10-13/h2-5,7-8,10H,6,9H2,1H3. The summed E-state index contributed by atoms with van der Waals surface area (Å²) in [6.07, 6.45) is 1.02. The molecule has 98 valence electrons. The Hall–Kier alpha value is -1.67. The number of carbonyl (C=O) groups is 1. The van der Waals surface area contributed by atoms with Crippen molar-refractivity contribution in [2.75, 3.05) is 0 Å². The van der Waals surface area contributed by atoms with E-state index in [2.05, 4.69) is 0 Å². The third-order valence-corrected chi connectivity index (χ3v) is 3.31. The van der Waals surface area contributed by atoms with Gasteiger partial charge < -0.3 is 0 Å². The highest BCUT2D eigenvalue weighted by Crippen LogP contribution is 2.17. The number of benzene rings is 2. The maximum absolute atomic E-state index is 13.3. The molecule has 0 heterocycles. The molecule has 0 aliphatic carbocycles. The quantitative estimate of drug-likeness (QED) is 0.746. The van der Waals surface area contributed by atoms with Crippen LogP contribution in [0.25, 0.3) is 0 Å². The van der Waals surface area contributed by atoms with Crippen LogP contribution in [0.3, 0.4) is 0 Å². The molecule has 2 rings (SSSR count). The average molecular weight is 277 g/mol. The van der Waals surface area contributed by atoms with E-state index in [1.54, 1.807) is 6.07 Å². The average Bonchev–Trinajstić information content (AvgIpc) is 2.41. The number of hydrogen-bond acceptors (Lipinski definition) is 1. The third kappa shape index (κ3) is 3.65. The molecule has 0 saturated carbocycles. The molecular formula is C16H14ClFO. The first kappa shape index (κ1) is 13.8. The molecule has 0 radical (unpaired) electrons. The van der Waals surface area contributed by atoms with Crippen LogP contribution < -0.4 is 0 Å². The number of rotatable bonds is 4. The van der Waals surface area contributed by atoms with E-state index in [0.29, 0.717) is 18.4 Å². The minimum Gasteiger partial charge on any atom is -0.294 e. The molecule has 0 unspecified atom stereocenters. The van der Waals surface area contributed by atoms with Crippen LogP contribution in [0, 0.1) is 12.7 Å². The fourth-order valence-corrected chi connectivity index (χ4v) is 1.94. The fourth-order valence-electron chi connectivity index (χ4n) is 1.83. The molecule has 0 amide bonds. The summed E-state index contributed by atoms with van der Waals surface area (Å²) in [6, 6.07) is 12.2. The van der Waals surface area contributed by atoms with Crippen LogP contribution in [0.4, 0.5) is 4.39 Å². The van der Waals surface area contributed by atoms with Crippen LogP contribution >= 0.6 is 11.6 Å². The van der Waals surface area contributed by atoms with Crippen molar-refractivity contribution in [3.8, 4) is 0 Å². The lowest BCUT2D eigenvalue weighted by molar-refractivity contribution is 0.0982. The molecule has 0 atom stereocenters. The summed E-state index contributed by atoms with van der Waals surface area (Å²) in [7, 11) is 0. The van der Waals surface area contributed by atoms with Crippen LogP contribution in [0.15, 0.2) is 42.5 Å². The van der Waals surface area contributed by atoms with Crippen LogP contribution in [-0.4, -0.2) is 5.78 Å². The fraction of sp³-hybridized carbons (Fsp3) is 0.188. The molecule has 2 aromatic carbocycles. The van der Waals surface area contributed by atoms with E-state index < -0.39 is 5.82 Å². The molecular weight excluding hydrogens is 263 g/mol. The van der Waals surface area contributed by atoms with E-state index in [0.717, 1.165) is 5.56 Å². The monoisotopic (exact) mass is 276 g/mol. The lowest BCUT2D eigenvalue weighted by atomic mass is 10.0. The van der Waals surface area contributed by atoms with Gasteiger partial charge in [0.2, 0.25) is 0 Å². The number of aryl methyl sites for hydroxylation is 2. The highest BCUT2D eigenvalue weighted by Gasteiger charge is 2.09.